The summed E-state index contributed by atoms with van der Waals surface area (Å²) in [6.07, 6.45) is 2.07. The fraction of sp³-hybridized carbons (Fsp3) is 0.500. The zero-order valence-electron chi connectivity index (χ0n) is 10.7. The van der Waals surface area contributed by atoms with Gasteiger partial charge >= 0.3 is 0 Å². The lowest BCUT2D eigenvalue weighted by Gasteiger charge is -2.17. The van der Waals surface area contributed by atoms with Gasteiger partial charge in [-0.3, -0.25) is 4.98 Å². The Labute approximate surface area is 107 Å². The van der Waals surface area contributed by atoms with Gasteiger partial charge in [-0.15, -0.1) is 0 Å². The third-order valence-corrected chi connectivity index (χ3v) is 2.58. The van der Waals surface area contributed by atoms with Crippen molar-refractivity contribution in [2.75, 3.05) is 13.6 Å². The second-order valence-electron chi connectivity index (χ2n) is 4.41. The Kier molecular flexibility index (Phi) is 5.54. The van der Waals surface area contributed by atoms with E-state index in [9.17, 15) is 5.11 Å². The van der Waals surface area contributed by atoms with Crippen LogP contribution in [0.5, 0.6) is 0 Å². The van der Waals surface area contributed by atoms with Crippen molar-refractivity contribution in [3.05, 3.63) is 29.6 Å². The molecule has 0 aromatic carbocycles. The number of amidine groups is 1. The first-order valence-electron chi connectivity index (χ1n) is 5.82. The number of aromatic nitrogens is 1. The van der Waals surface area contributed by atoms with Crippen LogP contribution in [-0.4, -0.2) is 45.7 Å². The largest absolute Gasteiger partial charge is 0.409 e. The monoisotopic (exact) mass is 252 g/mol. The topological polar surface area (TPSA) is 95.0 Å². The van der Waals surface area contributed by atoms with Gasteiger partial charge in [-0.25, -0.2) is 0 Å². The molecule has 0 saturated carbocycles. The van der Waals surface area contributed by atoms with Gasteiger partial charge in [-0.1, -0.05) is 5.16 Å². The van der Waals surface area contributed by atoms with Crippen molar-refractivity contribution in [2.24, 2.45) is 10.9 Å². The van der Waals surface area contributed by atoms with Gasteiger partial charge in [0.2, 0.25) is 0 Å². The van der Waals surface area contributed by atoms with E-state index in [-0.39, 0.29) is 11.9 Å². The van der Waals surface area contributed by atoms with Crippen LogP contribution in [0, 0.1) is 0 Å². The number of aliphatic hydroxyl groups excluding tert-OH is 1. The summed E-state index contributed by atoms with van der Waals surface area (Å²) in [7, 11) is 1.98. The van der Waals surface area contributed by atoms with Crippen molar-refractivity contribution in [3.63, 3.8) is 0 Å². The smallest absolute Gasteiger partial charge is 0.188 e. The molecule has 0 aliphatic carbocycles. The molecular formula is C12H20N4O2. The lowest BCUT2D eigenvalue weighted by atomic mass is 10.2. The molecule has 0 amide bonds. The van der Waals surface area contributed by atoms with Crippen molar-refractivity contribution < 1.29 is 10.3 Å². The number of hydrogen-bond donors (Lipinski definition) is 3. The van der Waals surface area contributed by atoms with Gasteiger partial charge in [0, 0.05) is 19.3 Å². The van der Waals surface area contributed by atoms with Gasteiger partial charge in [0.05, 0.1) is 6.10 Å². The lowest BCUT2D eigenvalue weighted by molar-refractivity contribution is 0.163. The molecule has 0 saturated heterocycles. The highest BCUT2D eigenvalue weighted by molar-refractivity contribution is 5.95. The number of hydrogen-bond acceptors (Lipinski definition) is 5. The van der Waals surface area contributed by atoms with Crippen molar-refractivity contribution >= 4 is 5.84 Å². The van der Waals surface area contributed by atoms with E-state index in [1.807, 2.05) is 13.1 Å². The summed E-state index contributed by atoms with van der Waals surface area (Å²) >= 11 is 0. The van der Waals surface area contributed by atoms with E-state index in [0.29, 0.717) is 5.69 Å². The maximum Gasteiger partial charge on any atom is 0.188 e. The maximum atomic E-state index is 9.22. The first kappa shape index (κ1) is 14.4. The molecule has 1 aromatic rings. The molecule has 6 heteroatoms. The van der Waals surface area contributed by atoms with Gasteiger partial charge < -0.3 is 20.9 Å². The predicted octanol–water partition coefficient (Wildman–Crippen LogP) is 0.379. The van der Waals surface area contributed by atoms with Crippen LogP contribution in [0.2, 0.25) is 0 Å². The molecule has 0 bridgehead atoms. The molecule has 100 valence electrons. The molecule has 1 atom stereocenters. The molecule has 0 aliphatic heterocycles. The number of nitrogens with two attached hydrogens (primary N) is 1. The summed E-state index contributed by atoms with van der Waals surface area (Å²) in [6, 6.07) is 3.67. The van der Waals surface area contributed by atoms with Crippen molar-refractivity contribution in [2.45, 2.75) is 26.0 Å². The van der Waals surface area contributed by atoms with E-state index in [4.69, 9.17) is 10.9 Å². The Balaban J connectivity index is 2.62. The van der Waals surface area contributed by atoms with Crippen molar-refractivity contribution in [1.82, 2.24) is 9.88 Å². The zero-order valence-corrected chi connectivity index (χ0v) is 10.7. The average molecular weight is 252 g/mol. The van der Waals surface area contributed by atoms with E-state index in [0.717, 1.165) is 25.1 Å². The molecule has 0 fully saturated rings. The van der Waals surface area contributed by atoms with Crippen LogP contribution in [0.15, 0.2) is 23.5 Å². The highest BCUT2D eigenvalue weighted by atomic mass is 16.4. The molecule has 1 heterocycles. The summed E-state index contributed by atoms with van der Waals surface area (Å²) in [5.74, 6) is 0.00323. The highest BCUT2D eigenvalue weighted by Crippen LogP contribution is 2.06. The van der Waals surface area contributed by atoms with E-state index >= 15 is 0 Å². The minimum Gasteiger partial charge on any atom is -0.409 e. The normalized spacial score (nSPS) is 13.9. The van der Waals surface area contributed by atoms with Crippen LogP contribution < -0.4 is 5.73 Å². The first-order chi connectivity index (χ1) is 8.52. The minimum absolute atomic E-state index is 0.00323. The van der Waals surface area contributed by atoms with Crippen LogP contribution >= 0.6 is 0 Å². The summed E-state index contributed by atoms with van der Waals surface area (Å²) < 4.78 is 0. The molecule has 1 aromatic heterocycles. The van der Waals surface area contributed by atoms with Crippen LogP contribution in [0.1, 0.15) is 24.6 Å². The second kappa shape index (κ2) is 6.93. The van der Waals surface area contributed by atoms with E-state index in [2.05, 4.69) is 15.0 Å². The summed E-state index contributed by atoms with van der Waals surface area (Å²) in [5.41, 5.74) is 6.97. The fourth-order valence-electron chi connectivity index (χ4n) is 1.56. The van der Waals surface area contributed by atoms with Crippen LogP contribution in [-0.2, 0) is 6.54 Å². The molecule has 6 nitrogen and oxygen atoms in total. The van der Waals surface area contributed by atoms with Crippen molar-refractivity contribution in [3.8, 4) is 0 Å². The van der Waals surface area contributed by atoms with Crippen LogP contribution in [0.4, 0.5) is 0 Å². The summed E-state index contributed by atoms with van der Waals surface area (Å²) in [6.45, 7) is 3.30. The second-order valence-corrected chi connectivity index (χ2v) is 4.41. The Morgan fingerprint density at radius 1 is 1.61 bits per heavy atom. The molecule has 4 N–H and O–H groups in total. The standard InChI is InChI=1S/C12H20N4O2/c1-9(17)4-6-16(2)8-10-3-5-14-11(7-10)12(13)15-18/h3,5,7,9,17-18H,4,6,8H2,1-2H3,(H2,13,15). The van der Waals surface area contributed by atoms with Crippen molar-refractivity contribution in [1.29, 1.82) is 0 Å². The molecular weight excluding hydrogens is 232 g/mol. The van der Waals surface area contributed by atoms with Gasteiger partial charge in [-0.2, -0.15) is 0 Å². The summed E-state index contributed by atoms with van der Waals surface area (Å²) in [4.78, 5) is 6.11. The highest BCUT2D eigenvalue weighted by Gasteiger charge is 2.06. The zero-order chi connectivity index (χ0) is 13.5. The average Bonchev–Trinajstić information content (AvgIpc) is 2.35. The fourth-order valence-corrected chi connectivity index (χ4v) is 1.56. The van der Waals surface area contributed by atoms with E-state index < -0.39 is 0 Å². The molecule has 0 aliphatic rings. The van der Waals surface area contributed by atoms with Crippen LogP contribution in [0.25, 0.3) is 0 Å². The molecule has 1 rings (SSSR count). The first-order valence-corrected chi connectivity index (χ1v) is 5.82. The minimum atomic E-state index is -0.294. The SMILES string of the molecule is CC(O)CCN(C)Cc1ccnc(/C(N)=N/O)c1. The third kappa shape index (κ3) is 4.68. The van der Waals surface area contributed by atoms with Gasteiger partial charge in [-0.05, 0) is 38.1 Å². The lowest BCUT2D eigenvalue weighted by Crippen LogP contribution is -2.22. The van der Waals surface area contributed by atoms with Gasteiger partial charge in [0.15, 0.2) is 5.84 Å². The molecule has 1 unspecified atom stereocenters. The number of nitrogens with zero attached hydrogens (tertiary/aromatic N) is 3. The number of pyridine rings is 1. The van der Waals surface area contributed by atoms with E-state index in [1.165, 1.54) is 0 Å². The molecule has 0 radical (unpaired) electrons. The maximum absolute atomic E-state index is 9.22. The Morgan fingerprint density at radius 3 is 2.94 bits per heavy atom. The van der Waals surface area contributed by atoms with Crippen LogP contribution in [0.3, 0.4) is 0 Å². The summed E-state index contributed by atoms with van der Waals surface area (Å²) in [5, 5.41) is 20.7. The van der Waals surface area contributed by atoms with Gasteiger partial charge in [0.1, 0.15) is 5.69 Å². The Morgan fingerprint density at radius 2 is 2.33 bits per heavy atom. The van der Waals surface area contributed by atoms with E-state index in [1.54, 1.807) is 19.2 Å². The Bertz CT molecular complexity index is 407. The Hall–Kier alpha value is -1.66. The number of rotatable bonds is 6. The molecule has 18 heavy (non-hydrogen) atoms. The third-order valence-electron chi connectivity index (χ3n) is 2.58. The van der Waals surface area contributed by atoms with Gasteiger partial charge in [0.25, 0.3) is 0 Å². The number of aliphatic hydroxyl groups is 1. The molecule has 0 spiro atoms. The number of oxime groups is 1. The predicted molar refractivity (Wildman–Crippen MR) is 69.4 cm³/mol. The quantitative estimate of drug-likeness (QED) is 0.294.